The predicted molar refractivity (Wildman–Crippen MR) is 94.2 cm³/mol. The molecule has 0 aromatic heterocycles. The van der Waals surface area contributed by atoms with Crippen LogP contribution in [0.4, 0.5) is 4.79 Å². The summed E-state index contributed by atoms with van der Waals surface area (Å²) in [4.78, 5) is 26.2. The summed E-state index contributed by atoms with van der Waals surface area (Å²) < 4.78 is 15.7. The van der Waals surface area contributed by atoms with Gasteiger partial charge in [0, 0.05) is 19.0 Å². The number of rotatable bonds is 3. The fourth-order valence-electron chi connectivity index (χ4n) is 3.06. The molecule has 1 aromatic carbocycles. The van der Waals surface area contributed by atoms with Crippen molar-refractivity contribution in [2.75, 3.05) is 27.3 Å². The molecule has 2 rings (SSSR count). The molecule has 25 heavy (non-hydrogen) atoms. The number of esters is 1. The fourth-order valence-corrected chi connectivity index (χ4v) is 3.06. The third-order valence-corrected chi connectivity index (χ3v) is 4.25. The Hall–Kier alpha value is -2.24. The zero-order valence-electron chi connectivity index (χ0n) is 15.8. The summed E-state index contributed by atoms with van der Waals surface area (Å²) in [5, 5.41) is 0. The van der Waals surface area contributed by atoms with Crippen LogP contribution >= 0.6 is 0 Å². The van der Waals surface area contributed by atoms with Gasteiger partial charge >= 0.3 is 12.1 Å². The maximum Gasteiger partial charge on any atom is 0.410 e. The van der Waals surface area contributed by atoms with Crippen LogP contribution in [0.1, 0.15) is 54.6 Å². The summed E-state index contributed by atoms with van der Waals surface area (Å²) in [7, 11) is 2.93. The number of nitrogens with zero attached hydrogens (tertiary/aromatic N) is 1. The third-order valence-electron chi connectivity index (χ3n) is 4.25. The number of aryl methyl sites for hydroxylation is 1. The molecule has 1 atom stereocenters. The first-order valence-electron chi connectivity index (χ1n) is 8.41. The van der Waals surface area contributed by atoms with Crippen molar-refractivity contribution in [3.63, 3.8) is 0 Å². The van der Waals surface area contributed by atoms with Crippen molar-refractivity contribution in [2.24, 2.45) is 0 Å². The van der Waals surface area contributed by atoms with Gasteiger partial charge in [-0.25, -0.2) is 9.59 Å². The van der Waals surface area contributed by atoms with Crippen LogP contribution in [0.15, 0.2) is 12.1 Å². The van der Waals surface area contributed by atoms with Crippen LogP contribution in [0, 0.1) is 6.92 Å². The second-order valence-electron chi connectivity index (χ2n) is 7.31. The number of benzene rings is 1. The molecule has 0 bridgehead atoms. The molecule has 0 radical (unpaired) electrons. The third kappa shape index (κ3) is 4.44. The van der Waals surface area contributed by atoms with E-state index in [0.717, 1.165) is 17.5 Å². The fraction of sp³-hybridized carbons (Fsp3) is 0.579. The van der Waals surface area contributed by atoms with Gasteiger partial charge in [0.05, 0.1) is 19.8 Å². The van der Waals surface area contributed by atoms with Gasteiger partial charge < -0.3 is 19.1 Å². The summed E-state index contributed by atoms with van der Waals surface area (Å²) in [5.41, 5.74) is 1.79. The van der Waals surface area contributed by atoms with Gasteiger partial charge in [0.1, 0.15) is 11.4 Å². The van der Waals surface area contributed by atoms with Gasteiger partial charge in [-0.2, -0.15) is 0 Å². The van der Waals surface area contributed by atoms with Crippen molar-refractivity contribution in [1.82, 2.24) is 4.90 Å². The van der Waals surface area contributed by atoms with Gasteiger partial charge in [-0.15, -0.1) is 0 Å². The van der Waals surface area contributed by atoms with E-state index in [9.17, 15) is 9.59 Å². The Kier molecular flexibility index (Phi) is 5.60. The Morgan fingerprint density at radius 2 is 1.88 bits per heavy atom. The van der Waals surface area contributed by atoms with Crippen LogP contribution in [0.2, 0.25) is 0 Å². The van der Waals surface area contributed by atoms with Gasteiger partial charge in [-0.1, -0.05) is 6.07 Å². The lowest BCUT2D eigenvalue weighted by Crippen LogP contribution is -2.35. The van der Waals surface area contributed by atoms with Gasteiger partial charge in [0.15, 0.2) is 0 Å². The summed E-state index contributed by atoms with van der Waals surface area (Å²) in [6, 6.07) is 3.67. The number of hydrogen-bond acceptors (Lipinski definition) is 5. The van der Waals surface area contributed by atoms with Crippen LogP contribution in [0.3, 0.4) is 0 Å². The molecule has 1 unspecified atom stereocenters. The average Bonchev–Trinajstić information content (AvgIpc) is 3.02. The first-order chi connectivity index (χ1) is 11.7. The lowest BCUT2D eigenvalue weighted by molar-refractivity contribution is 0.0292. The molecule has 1 heterocycles. The Bertz CT molecular complexity index is 663. The largest absolute Gasteiger partial charge is 0.496 e. The van der Waals surface area contributed by atoms with E-state index in [0.29, 0.717) is 24.4 Å². The van der Waals surface area contributed by atoms with Gasteiger partial charge in [0.25, 0.3) is 0 Å². The van der Waals surface area contributed by atoms with E-state index in [2.05, 4.69) is 0 Å². The molecular weight excluding hydrogens is 322 g/mol. The second-order valence-corrected chi connectivity index (χ2v) is 7.31. The van der Waals surface area contributed by atoms with Crippen molar-refractivity contribution in [1.29, 1.82) is 0 Å². The SMILES string of the molecule is COC(=O)c1cc(OC)c(C)cc1C1CCN(C(=O)OC(C)(C)C)C1. The lowest BCUT2D eigenvalue weighted by Gasteiger charge is -2.24. The van der Waals surface area contributed by atoms with E-state index in [1.165, 1.54) is 7.11 Å². The minimum absolute atomic E-state index is 0.0613. The van der Waals surface area contributed by atoms with Crippen molar-refractivity contribution in [3.05, 3.63) is 28.8 Å². The summed E-state index contributed by atoms with van der Waals surface area (Å²) >= 11 is 0. The molecule has 1 aliphatic rings. The molecule has 1 amide bonds. The molecule has 138 valence electrons. The second kappa shape index (κ2) is 7.33. The molecule has 0 aliphatic carbocycles. The van der Waals surface area contributed by atoms with Gasteiger partial charge in [0.2, 0.25) is 0 Å². The summed E-state index contributed by atoms with van der Waals surface area (Å²) in [5.74, 6) is 0.307. The van der Waals surface area contributed by atoms with Crippen molar-refractivity contribution in [3.8, 4) is 5.75 Å². The van der Waals surface area contributed by atoms with E-state index in [4.69, 9.17) is 14.2 Å². The quantitative estimate of drug-likeness (QED) is 0.781. The maximum absolute atomic E-state index is 12.3. The Balaban J connectivity index is 2.26. The smallest absolute Gasteiger partial charge is 0.410 e. The van der Waals surface area contributed by atoms with Gasteiger partial charge in [-0.3, -0.25) is 0 Å². The van der Waals surface area contributed by atoms with Crippen LogP contribution in [-0.4, -0.2) is 49.9 Å². The molecule has 6 heteroatoms. The highest BCUT2D eigenvalue weighted by Crippen LogP contribution is 2.34. The van der Waals surface area contributed by atoms with Crippen molar-refractivity contribution in [2.45, 2.75) is 45.6 Å². The standard InChI is InChI=1S/C19H27NO5/c1-12-9-14(15(17(21)24-6)10-16(12)23-5)13-7-8-20(11-13)18(22)25-19(2,3)4/h9-10,13H,7-8,11H2,1-6H3. The van der Waals surface area contributed by atoms with Crippen LogP contribution in [-0.2, 0) is 9.47 Å². The zero-order chi connectivity index (χ0) is 18.8. The van der Waals surface area contributed by atoms with Crippen molar-refractivity contribution >= 4 is 12.1 Å². The highest BCUT2D eigenvalue weighted by atomic mass is 16.6. The topological polar surface area (TPSA) is 65.1 Å². The lowest BCUT2D eigenvalue weighted by atomic mass is 9.91. The van der Waals surface area contributed by atoms with E-state index in [1.807, 2.05) is 33.8 Å². The molecule has 6 nitrogen and oxygen atoms in total. The molecular formula is C19H27NO5. The predicted octanol–water partition coefficient (Wildman–Crippen LogP) is 3.51. The number of likely N-dealkylation sites (tertiary alicyclic amines) is 1. The highest BCUT2D eigenvalue weighted by molar-refractivity contribution is 5.92. The van der Waals surface area contributed by atoms with Crippen LogP contribution in [0.25, 0.3) is 0 Å². The molecule has 0 N–H and O–H groups in total. The minimum atomic E-state index is -0.525. The van der Waals surface area contributed by atoms with E-state index in [-0.39, 0.29) is 12.0 Å². The first kappa shape index (κ1) is 19.1. The highest BCUT2D eigenvalue weighted by Gasteiger charge is 2.33. The Morgan fingerprint density at radius 3 is 2.44 bits per heavy atom. The first-order valence-corrected chi connectivity index (χ1v) is 8.41. The minimum Gasteiger partial charge on any atom is -0.496 e. The summed E-state index contributed by atoms with van der Waals surface area (Å²) in [6.07, 6.45) is 0.453. The number of carbonyl (C=O) groups is 2. The van der Waals surface area contributed by atoms with Crippen LogP contribution in [0.5, 0.6) is 5.75 Å². The number of hydrogen-bond donors (Lipinski definition) is 0. The summed E-state index contributed by atoms with van der Waals surface area (Å²) in [6.45, 7) is 8.60. The number of ether oxygens (including phenoxy) is 3. The zero-order valence-corrected chi connectivity index (χ0v) is 15.8. The Labute approximate surface area is 149 Å². The average molecular weight is 349 g/mol. The molecule has 1 fully saturated rings. The van der Waals surface area contributed by atoms with E-state index in [1.54, 1.807) is 18.1 Å². The van der Waals surface area contributed by atoms with Crippen molar-refractivity contribution < 1.29 is 23.8 Å². The van der Waals surface area contributed by atoms with E-state index < -0.39 is 11.6 Å². The van der Waals surface area contributed by atoms with Gasteiger partial charge in [-0.05, 0) is 51.3 Å². The molecule has 0 saturated carbocycles. The molecule has 1 aliphatic heterocycles. The normalized spacial score (nSPS) is 17.4. The molecule has 0 spiro atoms. The maximum atomic E-state index is 12.3. The monoisotopic (exact) mass is 349 g/mol. The number of amides is 1. The number of methoxy groups -OCH3 is 2. The van der Waals surface area contributed by atoms with Crippen LogP contribution < -0.4 is 4.74 Å². The molecule has 1 aromatic rings. The number of carbonyl (C=O) groups excluding carboxylic acids is 2. The Morgan fingerprint density at radius 1 is 1.20 bits per heavy atom. The molecule has 1 saturated heterocycles. The van der Waals surface area contributed by atoms with E-state index >= 15 is 0 Å².